The summed E-state index contributed by atoms with van der Waals surface area (Å²) < 4.78 is 0. The van der Waals surface area contributed by atoms with Crippen molar-refractivity contribution in [1.82, 2.24) is 15.1 Å². The molecule has 1 N–H and O–H groups in total. The summed E-state index contributed by atoms with van der Waals surface area (Å²) in [4.78, 5) is 30.6. The van der Waals surface area contributed by atoms with E-state index in [1.165, 1.54) is 12.8 Å². The molecule has 4 rings (SSSR count). The lowest BCUT2D eigenvalue weighted by atomic mass is 9.94. The lowest BCUT2D eigenvalue weighted by Gasteiger charge is -2.37. The molecule has 5 heteroatoms. The molecule has 1 atom stereocenters. The molecule has 0 saturated carbocycles. The Morgan fingerprint density at radius 1 is 0.788 bits per heavy atom. The van der Waals surface area contributed by atoms with Crippen LogP contribution in [0, 0.1) is 5.92 Å². The van der Waals surface area contributed by atoms with Gasteiger partial charge in [-0.05, 0) is 56.8 Å². The second-order valence-corrected chi connectivity index (χ2v) is 9.49. The number of piperidine rings is 1. The topological polar surface area (TPSA) is 52.7 Å². The molecule has 2 aromatic carbocycles. The van der Waals surface area contributed by atoms with Gasteiger partial charge in [0.25, 0.3) is 0 Å². The van der Waals surface area contributed by atoms with Crippen LogP contribution in [0.3, 0.4) is 0 Å². The average Bonchev–Trinajstić information content (AvgIpc) is 3.17. The molecule has 2 aliphatic heterocycles. The standard InChI is InChI=1S/C28H37N3O2/c1-22(30-20-16-25(17-21-30)28(33)31-18-10-2-3-11-19-31)27(32)29-26(23-12-6-4-7-13-23)24-14-8-5-9-15-24/h4-9,12-15,22,25-26H,2-3,10-11,16-21H2,1H3,(H,29,32)/t22-/m0/s1. The van der Waals surface area contributed by atoms with Crippen molar-refractivity contribution in [3.63, 3.8) is 0 Å². The smallest absolute Gasteiger partial charge is 0.237 e. The number of carbonyl (C=O) groups excluding carboxylic acids is 2. The minimum absolute atomic E-state index is 0.0324. The third-order valence-electron chi connectivity index (χ3n) is 7.28. The van der Waals surface area contributed by atoms with Crippen molar-refractivity contribution in [2.45, 2.75) is 57.5 Å². The Morgan fingerprint density at radius 2 is 1.30 bits per heavy atom. The lowest BCUT2D eigenvalue weighted by Crippen LogP contribution is -2.50. The number of nitrogens with zero attached hydrogens (tertiary/aromatic N) is 2. The van der Waals surface area contributed by atoms with Crippen molar-refractivity contribution in [2.75, 3.05) is 26.2 Å². The molecular formula is C28H37N3O2. The van der Waals surface area contributed by atoms with Gasteiger partial charge in [-0.3, -0.25) is 14.5 Å². The van der Waals surface area contributed by atoms with Crippen molar-refractivity contribution in [3.8, 4) is 0 Å². The van der Waals surface area contributed by atoms with E-state index >= 15 is 0 Å². The van der Waals surface area contributed by atoms with E-state index in [4.69, 9.17) is 0 Å². The fraction of sp³-hybridized carbons (Fsp3) is 0.500. The normalized spacial score (nSPS) is 19.2. The van der Waals surface area contributed by atoms with Gasteiger partial charge in [-0.15, -0.1) is 0 Å². The van der Waals surface area contributed by atoms with E-state index in [-0.39, 0.29) is 23.9 Å². The van der Waals surface area contributed by atoms with Gasteiger partial charge in [0.05, 0.1) is 12.1 Å². The molecule has 0 radical (unpaired) electrons. The molecule has 0 aliphatic carbocycles. The first kappa shape index (κ1) is 23.5. The number of hydrogen-bond donors (Lipinski definition) is 1. The van der Waals surface area contributed by atoms with E-state index in [1.54, 1.807) is 0 Å². The van der Waals surface area contributed by atoms with Crippen molar-refractivity contribution < 1.29 is 9.59 Å². The van der Waals surface area contributed by atoms with E-state index in [0.717, 1.165) is 63.0 Å². The summed E-state index contributed by atoms with van der Waals surface area (Å²) in [7, 11) is 0. The van der Waals surface area contributed by atoms with Gasteiger partial charge in [0.1, 0.15) is 0 Å². The zero-order valence-electron chi connectivity index (χ0n) is 19.8. The predicted molar refractivity (Wildman–Crippen MR) is 132 cm³/mol. The van der Waals surface area contributed by atoms with E-state index in [9.17, 15) is 9.59 Å². The van der Waals surface area contributed by atoms with Gasteiger partial charge in [0.15, 0.2) is 0 Å². The van der Waals surface area contributed by atoms with Crippen molar-refractivity contribution in [3.05, 3.63) is 71.8 Å². The maximum Gasteiger partial charge on any atom is 0.237 e. The Labute approximate surface area is 198 Å². The van der Waals surface area contributed by atoms with Gasteiger partial charge in [0.2, 0.25) is 11.8 Å². The highest BCUT2D eigenvalue weighted by atomic mass is 16.2. The molecule has 0 spiro atoms. The number of carbonyl (C=O) groups is 2. The Kier molecular flexibility index (Phi) is 8.16. The first-order valence-electron chi connectivity index (χ1n) is 12.6. The maximum absolute atomic E-state index is 13.3. The fourth-order valence-corrected chi connectivity index (χ4v) is 5.16. The third kappa shape index (κ3) is 6.02. The zero-order valence-corrected chi connectivity index (χ0v) is 19.8. The number of benzene rings is 2. The molecule has 2 fully saturated rings. The molecule has 0 bridgehead atoms. The maximum atomic E-state index is 13.3. The van der Waals surface area contributed by atoms with Crippen LogP contribution < -0.4 is 5.32 Å². The lowest BCUT2D eigenvalue weighted by molar-refractivity contribution is -0.137. The Morgan fingerprint density at radius 3 is 1.82 bits per heavy atom. The number of rotatable bonds is 6. The molecule has 5 nitrogen and oxygen atoms in total. The minimum atomic E-state index is -0.228. The van der Waals surface area contributed by atoms with Crippen LogP contribution in [0.5, 0.6) is 0 Å². The van der Waals surface area contributed by atoms with Gasteiger partial charge in [-0.25, -0.2) is 0 Å². The highest BCUT2D eigenvalue weighted by Gasteiger charge is 2.32. The first-order chi connectivity index (χ1) is 16.1. The van der Waals surface area contributed by atoms with E-state index in [2.05, 4.69) is 39.4 Å². The minimum Gasteiger partial charge on any atom is -0.344 e. The molecule has 2 heterocycles. The van der Waals surface area contributed by atoms with Crippen LogP contribution in [0.4, 0.5) is 0 Å². The summed E-state index contributed by atoms with van der Waals surface area (Å²) in [5.74, 6) is 0.475. The summed E-state index contributed by atoms with van der Waals surface area (Å²) in [6.07, 6.45) is 6.42. The molecule has 2 aromatic rings. The first-order valence-corrected chi connectivity index (χ1v) is 12.6. The summed E-state index contributed by atoms with van der Waals surface area (Å²) in [5, 5.41) is 3.28. The van der Waals surface area contributed by atoms with Crippen LogP contribution in [-0.2, 0) is 9.59 Å². The highest BCUT2D eigenvalue weighted by Crippen LogP contribution is 2.25. The summed E-state index contributed by atoms with van der Waals surface area (Å²) in [6.45, 7) is 5.40. The SMILES string of the molecule is C[C@@H](C(=O)NC(c1ccccc1)c1ccccc1)N1CCC(C(=O)N2CCCCCC2)CC1. The van der Waals surface area contributed by atoms with E-state index in [0.29, 0.717) is 5.91 Å². The Balaban J connectivity index is 1.35. The number of amides is 2. The molecule has 2 saturated heterocycles. The second kappa shape index (κ2) is 11.5. The van der Waals surface area contributed by atoms with Gasteiger partial charge < -0.3 is 10.2 Å². The monoisotopic (exact) mass is 447 g/mol. The van der Waals surface area contributed by atoms with Crippen LogP contribution in [0.25, 0.3) is 0 Å². The third-order valence-corrected chi connectivity index (χ3v) is 7.28. The second-order valence-electron chi connectivity index (χ2n) is 9.49. The van der Waals surface area contributed by atoms with Crippen LogP contribution >= 0.6 is 0 Å². The van der Waals surface area contributed by atoms with Crippen molar-refractivity contribution >= 4 is 11.8 Å². The largest absolute Gasteiger partial charge is 0.344 e. The highest BCUT2D eigenvalue weighted by molar-refractivity contribution is 5.82. The van der Waals surface area contributed by atoms with Crippen molar-refractivity contribution in [2.24, 2.45) is 5.92 Å². The molecule has 2 aliphatic rings. The number of nitrogens with one attached hydrogen (secondary N) is 1. The van der Waals surface area contributed by atoms with Gasteiger partial charge >= 0.3 is 0 Å². The zero-order chi connectivity index (χ0) is 23.0. The Bertz CT molecular complexity index is 846. The fourth-order valence-electron chi connectivity index (χ4n) is 5.16. The van der Waals surface area contributed by atoms with Gasteiger partial charge in [-0.2, -0.15) is 0 Å². The van der Waals surface area contributed by atoms with Crippen LogP contribution in [0.1, 0.15) is 62.6 Å². The quantitative estimate of drug-likeness (QED) is 0.714. The molecule has 0 unspecified atom stereocenters. The van der Waals surface area contributed by atoms with Gasteiger partial charge in [0, 0.05) is 19.0 Å². The summed E-state index contributed by atoms with van der Waals surface area (Å²) in [6, 6.07) is 19.8. The van der Waals surface area contributed by atoms with Crippen molar-refractivity contribution in [1.29, 1.82) is 0 Å². The molecule has 176 valence electrons. The predicted octanol–water partition coefficient (Wildman–Crippen LogP) is 4.40. The molecule has 2 amide bonds. The molecular weight excluding hydrogens is 410 g/mol. The van der Waals surface area contributed by atoms with Crippen LogP contribution in [-0.4, -0.2) is 53.8 Å². The number of likely N-dealkylation sites (tertiary alicyclic amines) is 2. The van der Waals surface area contributed by atoms with E-state index in [1.807, 2.05) is 43.3 Å². The number of hydrogen-bond acceptors (Lipinski definition) is 3. The molecule has 33 heavy (non-hydrogen) atoms. The van der Waals surface area contributed by atoms with Crippen LogP contribution in [0.15, 0.2) is 60.7 Å². The van der Waals surface area contributed by atoms with E-state index < -0.39 is 0 Å². The molecule has 0 aromatic heterocycles. The summed E-state index contributed by atoms with van der Waals surface area (Å²) in [5.41, 5.74) is 2.15. The van der Waals surface area contributed by atoms with Gasteiger partial charge in [-0.1, -0.05) is 73.5 Å². The summed E-state index contributed by atoms with van der Waals surface area (Å²) >= 11 is 0. The Hall–Kier alpha value is -2.66. The van der Waals surface area contributed by atoms with Crippen LogP contribution in [0.2, 0.25) is 0 Å². The average molecular weight is 448 g/mol.